The Hall–Kier alpha value is -2.51. The third kappa shape index (κ3) is 5.95. The van der Waals surface area contributed by atoms with Crippen molar-refractivity contribution in [2.75, 3.05) is 6.54 Å². The number of Topliss-reactive ketones (excluding diaryl/α,β-unsaturated/α-hetero) is 1. The van der Waals surface area contributed by atoms with Crippen LogP contribution in [-0.2, 0) is 25.7 Å². The quantitative estimate of drug-likeness (QED) is 0.210. The number of esters is 1. The predicted octanol–water partition coefficient (Wildman–Crippen LogP) is 8.53. The number of fused-ring (bicyclic) bond motifs is 7. The number of hydrogen-bond acceptors (Lipinski definition) is 6. The van der Waals surface area contributed by atoms with Gasteiger partial charge in [-0.3, -0.25) is 14.4 Å². The molecule has 0 bridgehead atoms. The summed E-state index contributed by atoms with van der Waals surface area (Å²) >= 11 is 0. The molecule has 0 saturated heterocycles. The van der Waals surface area contributed by atoms with Crippen molar-refractivity contribution in [2.24, 2.45) is 56.2 Å². The van der Waals surface area contributed by atoms with Gasteiger partial charge >= 0.3 is 11.9 Å². The highest BCUT2D eigenvalue weighted by molar-refractivity contribution is 6.00. The molecule has 0 heterocycles. The van der Waals surface area contributed by atoms with Crippen molar-refractivity contribution in [3.8, 4) is 0 Å². The zero-order chi connectivity index (χ0) is 37.4. The van der Waals surface area contributed by atoms with Crippen LogP contribution >= 0.6 is 0 Å². The zero-order valence-corrected chi connectivity index (χ0v) is 32.9. The van der Waals surface area contributed by atoms with Crippen LogP contribution in [0.5, 0.6) is 0 Å². The summed E-state index contributed by atoms with van der Waals surface area (Å²) in [5.41, 5.74) is 1.73. The average molecular weight is 704 g/mol. The predicted molar refractivity (Wildman–Crippen MR) is 199 cm³/mol. The topological polar surface area (TPSA) is 113 Å². The number of carbonyl (C=O) groups is 3. The molecule has 7 heteroatoms. The summed E-state index contributed by atoms with van der Waals surface area (Å²) in [6, 6.07) is 10.3. The summed E-state index contributed by atoms with van der Waals surface area (Å²) in [7, 11) is 0. The van der Waals surface area contributed by atoms with Crippen LogP contribution in [0.15, 0.2) is 41.5 Å². The number of ether oxygens (including phenoxy) is 1. The molecule has 9 atom stereocenters. The normalized spacial score (nSPS) is 38.0. The lowest BCUT2D eigenvalue weighted by atomic mass is 9.33. The Labute approximate surface area is 306 Å². The molecule has 51 heavy (non-hydrogen) atoms. The molecular formula is C44H65NO6. The molecule has 1 aromatic rings. The molecule has 5 aliphatic carbocycles. The Bertz CT molecular complexity index is 1560. The molecular weight excluding hydrogens is 638 g/mol. The van der Waals surface area contributed by atoms with E-state index in [0.717, 1.165) is 56.9 Å². The van der Waals surface area contributed by atoms with E-state index in [1.807, 2.05) is 18.2 Å². The number of rotatable bonds is 10. The van der Waals surface area contributed by atoms with Crippen LogP contribution < -0.4 is 5.32 Å². The van der Waals surface area contributed by atoms with E-state index in [2.05, 4.69) is 65.9 Å². The number of ketones is 1. The lowest BCUT2D eigenvalue weighted by Gasteiger charge is -2.72. The minimum absolute atomic E-state index is 0.000545. The second-order valence-corrected chi connectivity index (χ2v) is 19.7. The summed E-state index contributed by atoms with van der Waals surface area (Å²) in [6.07, 6.45) is 7.32. The van der Waals surface area contributed by atoms with Gasteiger partial charge in [0.2, 0.25) is 0 Å². The third-order valence-electron chi connectivity index (χ3n) is 16.0. The first kappa shape index (κ1) is 38.2. The average Bonchev–Trinajstić information content (AvgIpc) is 3.36. The number of aliphatic hydroxyl groups is 1. The second-order valence-electron chi connectivity index (χ2n) is 19.7. The van der Waals surface area contributed by atoms with Gasteiger partial charge in [0.05, 0.1) is 17.9 Å². The fourth-order valence-electron chi connectivity index (χ4n) is 13.1. The standard InChI is InChI=1S/C44H65NO6/c1-27(2)36-30(46)23-44(33(47)26-45-25-28-13-11-10-12-14-28)22-21-42(8)29(37(36)44)15-16-32-41(7)19-18-34(51-35(48)24-39(3,4)38(49)50)40(5,6)31(41)17-20-43(32,42)9/h10-14,27,29,31-34,45,47H,15-26H2,1-9H3,(H,49,50)/t29-,31+,32-,33-,34+,41+,42-,43-,44+/m1/s1. The summed E-state index contributed by atoms with van der Waals surface area (Å²) < 4.78 is 6.16. The highest BCUT2D eigenvalue weighted by Gasteiger charge is 2.70. The molecule has 3 N–H and O–H groups in total. The first-order chi connectivity index (χ1) is 23.7. The number of aliphatic hydroxyl groups excluding tert-OH is 1. The minimum Gasteiger partial charge on any atom is -0.481 e. The van der Waals surface area contributed by atoms with Crippen molar-refractivity contribution in [2.45, 2.75) is 145 Å². The minimum atomic E-state index is -1.16. The van der Waals surface area contributed by atoms with Crippen LogP contribution in [0, 0.1) is 56.2 Å². The zero-order valence-electron chi connectivity index (χ0n) is 32.9. The number of carbonyl (C=O) groups excluding carboxylic acids is 2. The van der Waals surface area contributed by atoms with Crippen LogP contribution in [-0.4, -0.2) is 46.7 Å². The molecule has 0 radical (unpaired) electrons. The number of benzene rings is 1. The van der Waals surface area contributed by atoms with E-state index < -0.39 is 28.9 Å². The van der Waals surface area contributed by atoms with Crippen LogP contribution in [0.4, 0.5) is 0 Å². The maximum Gasteiger partial charge on any atom is 0.309 e. The van der Waals surface area contributed by atoms with E-state index in [1.54, 1.807) is 13.8 Å². The van der Waals surface area contributed by atoms with Gasteiger partial charge < -0.3 is 20.3 Å². The maximum absolute atomic E-state index is 14.0. The van der Waals surface area contributed by atoms with Gasteiger partial charge in [0.1, 0.15) is 6.10 Å². The number of nitrogens with one attached hydrogen (secondary N) is 1. The summed E-state index contributed by atoms with van der Waals surface area (Å²) in [6.45, 7) is 20.8. The summed E-state index contributed by atoms with van der Waals surface area (Å²) in [4.78, 5) is 38.8. The van der Waals surface area contributed by atoms with Gasteiger partial charge in [-0.05, 0) is 116 Å². The molecule has 1 aromatic carbocycles. The molecule has 5 aliphatic rings. The molecule has 0 aliphatic heterocycles. The fraction of sp³-hybridized carbons (Fsp3) is 0.750. The van der Waals surface area contributed by atoms with Crippen LogP contribution in [0.25, 0.3) is 0 Å². The van der Waals surface area contributed by atoms with Gasteiger partial charge in [0.15, 0.2) is 5.78 Å². The van der Waals surface area contributed by atoms with Crippen LogP contribution in [0.3, 0.4) is 0 Å². The molecule has 0 unspecified atom stereocenters. The Morgan fingerprint density at radius 3 is 2.25 bits per heavy atom. The molecule has 282 valence electrons. The highest BCUT2D eigenvalue weighted by atomic mass is 16.5. The van der Waals surface area contributed by atoms with Gasteiger partial charge in [-0.15, -0.1) is 0 Å². The monoisotopic (exact) mass is 703 g/mol. The van der Waals surface area contributed by atoms with Gasteiger partial charge in [0, 0.05) is 30.3 Å². The van der Waals surface area contributed by atoms with Crippen LogP contribution in [0.2, 0.25) is 0 Å². The van der Waals surface area contributed by atoms with Crippen molar-refractivity contribution in [1.82, 2.24) is 5.32 Å². The Kier molecular flexibility index (Phi) is 9.82. The molecule has 0 aromatic heterocycles. The van der Waals surface area contributed by atoms with Gasteiger partial charge in [-0.25, -0.2) is 0 Å². The van der Waals surface area contributed by atoms with Crippen molar-refractivity contribution in [1.29, 1.82) is 0 Å². The Balaban J connectivity index is 1.26. The lowest BCUT2D eigenvalue weighted by Crippen LogP contribution is -2.66. The number of aliphatic carboxylic acids is 1. The van der Waals surface area contributed by atoms with E-state index in [-0.39, 0.29) is 51.8 Å². The fourth-order valence-corrected chi connectivity index (χ4v) is 13.1. The maximum atomic E-state index is 14.0. The van der Waals surface area contributed by atoms with E-state index in [0.29, 0.717) is 31.3 Å². The second kappa shape index (κ2) is 13.1. The van der Waals surface area contributed by atoms with E-state index in [4.69, 9.17) is 4.74 Å². The highest BCUT2D eigenvalue weighted by Crippen LogP contribution is 2.77. The van der Waals surface area contributed by atoms with Gasteiger partial charge in [-0.2, -0.15) is 0 Å². The number of allylic oxidation sites excluding steroid dienone is 1. The molecule has 6 rings (SSSR count). The van der Waals surface area contributed by atoms with Gasteiger partial charge in [-0.1, -0.05) is 84.4 Å². The Morgan fingerprint density at radius 1 is 0.922 bits per heavy atom. The molecule has 4 fully saturated rings. The van der Waals surface area contributed by atoms with Gasteiger partial charge in [0.25, 0.3) is 0 Å². The number of hydrogen-bond donors (Lipinski definition) is 3. The Morgan fingerprint density at radius 2 is 1.61 bits per heavy atom. The first-order valence-corrected chi connectivity index (χ1v) is 19.9. The van der Waals surface area contributed by atoms with Crippen molar-refractivity contribution >= 4 is 17.7 Å². The van der Waals surface area contributed by atoms with Crippen molar-refractivity contribution < 1.29 is 29.3 Å². The van der Waals surface area contributed by atoms with Crippen molar-refractivity contribution in [3.05, 3.63) is 47.0 Å². The van der Waals surface area contributed by atoms with Crippen LogP contribution in [0.1, 0.15) is 132 Å². The summed E-state index contributed by atoms with van der Waals surface area (Å²) in [5, 5.41) is 25.3. The number of carboxylic acids is 1. The number of carboxylic acid groups (broad SMARTS) is 1. The molecule has 4 saturated carbocycles. The largest absolute Gasteiger partial charge is 0.481 e. The summed E-state index contributed by atoms with van der Waals surface area (Å²) in [5.74, 6) is 0.107. The third-order valence-corrected chi connectivity index (χ3v) is 16.0. The van der Waals surface area contributed by atoms with E-state index in [1.165, 1.54) is 11.1 Å². The van der Waals surface area contributed by atoms with E-state index in [9.17, 15) is 24.6 Å². The smallest absolute Gasteiger partial charge is 0.309 e. The van der Waals surface area contributed by atoms with E-state index >= 15 is 0 Å². The molecule has 0 amide bonds. The first-order valence-electron chi connectivity index (χ1n) is 19.9. The van der Waals surface area contributed by atoms with Crippen molar-refractivity contribution in [3.63, 3.8) is 0 Å². The molecule has 0 spiro atoms. The lowest BCUT2D eigenvalue weighted by molar-refractivity contribution is -0.235. The SMILES string of the molecule is CC(C)C1=C2[C@H]3CC[C@@H]4[C@@]5(C)CC[C@H](OC(=O)CC(C)(C)C(=O)O)C(C)(C)[C@@H]5CC[C@@]4(C)[C@]3(C)CC[C@@]2([C@H](O)CNCc2ccccc2)CC1=O. The molecule has 7 nitrogen and oxygen atoms in total.